The second-order valence-corrected chi connectivity index (χ2v) is 5.69. The van der Waals surface area contributed by atoms with Crippen LogP contribution < -0.4 is 5.32 Å². The number of rotatable bonds is 3. The van der Waals surface area contributed by atoms with Gasteiger partial charge in [0.1, 0.15) is 5.76 Å². The lowest BCUT2D eigenvalue weighted by Gasteiger charge is -2.33. The molecule has 0 radical (unpaired) electrons. The third-order valence-electron chi connectivity index (χ3n) is 4.18. The molecule has 1 fully saturated rings. The molecule has 0 amide bonds. The summed E-state index contributed by atoms with van der Waals surface area (Å²) in [4.78, 5) is 0. The van der Waals surface area contributed by atoms with Crippen molar-refractivity contribution in [1.82, 2.24) is 10.5 Å². The molecule has 1 saturated carbocycles. The summed E-state index contributed by atoms with van der Waals surface area (Å²) in [6.07, 6.45) is 4.02. The predicted octanol–water partition coefficient (Wildman–Crippen LogP) is 3.21. The molecule has 1 aromatic rings. The van der Waals surface area contributed by atoms with Gasteiger partial charge in [-0.15, -0.1) is 0 Å². The molecule has 3 atom stereocenters. The zero-order chi connectivity index (χ0) is 12.4. The van der Waals surface area contributed by atoms with Gasteiger partial charge in [0.25, 0.3) is 0 Å². The molecule has 0 aliphatic heterocycles. The summed E-state index contributed by atoms with van der Waals surface area (Å²) >= 11 is 0. The molecule has 3 unspecified atom stereocenters. The van der Waals surface area contributed by atoms with E-state index in [2.05, 4.69) is 24.3 Å². The quantitative estimate of drug-likeness (QED) is 0.875. The van der Waals surface area contributed by atoms with E-state index in [-0.39, 0.29) is 0 Å². The van der Waals surface area contributed by atoms with E-state index >= 15 is 0 Å². The maximum atomic E-state index is 5.19. The Morgan fingerprint density at radius 3 is 2.71 bits per heavy atom. The molecule has 0 bridgehead atoms. The smallest absolute Gasteiger partial charge is 0.138 e. The van der Waals surface area contributed by atoms with Gasteiger partial charge in [0.05, 0.1) is 5.69 Å². The first-order chi connectivity index (χ1) is 8.08. The number of hydrogen-bond donors (Lipinski definition) is 1. The summed E-state index contributed by atoms with van der Waals surface area (Å²) in [5.74, 6) is 2.59. The SMILES string of the molecule is Cc1noc(C)c1CNC1CC(C)CCC1C. The minimum absolute atomic E-state index is 0.646. The van der Waals surface area contributed by atoms with Gasteiger partial charge in [-0.1, -0.05) is 25.4 Å². The molecule has 0 aromatic carbocycles. The van der Waals surface area contributed by atoms with Crippen molar-refractivity contribution in [2.75, 3.05) is 0 Å². The van der Waals surface area contributed by atoms with Crippen molar-refractivity contribution < 1.29 is 4.52 Å². The van der Waals surface area contributed by atoms with E-state index in [0.29, 0.717) is 6.04 Å². The fraction of sp³-hybridized carbons (Fsp3) is 0.786. The summed E-state index contributed by atoms with van der Waals surface area (Å²) in [5.41, 5.74) is 2.25. The Morgan fingerprint density at radius 1 is 1.29 bits per heavy atom. The standard InChI is InChI=1S/C14H24N2O/c1-9-5-6-10(2)14(7-9)15-8-13-11(3)16-17-12(13)4/h9-10,14-15H,5-8H2,1-4H3. The molecular formula is C14H24N2O. The van der Waals surface area contributed by atoms with Gasteiger partial charge in [0, 0.05) is 18.2 Å². The van der Waals surface area contributed by atoms with Crippen LogP contribution in [0.15, 0.2) is 4.52 Å². The zero-order valence-electron chi connectivity index (χ0n) is 11.4. The molecule has 1 heterocycles. The van der Waals surface area contributed by atoms with Gasteiger partial charge in [-0.3, -0.25) is 0 Å². The van der Waals surface area contributed by atoms with Gasteiger partial charge in [-0.05, 0) is 38.5 Å². The Balaban J connectivity index is 1.93. The summed E-state index contributed by atoms with van der Waals surface area (Å²) in [6.45, 7) is 9.61. The molecule has 3 nitrogen and oxygen atoms in total. The van der Waals surface area contributed by atoms with Crippen LogP contribution >= 0.6 is 0 Å². The highest BCUT2D eigenvalue weighted by atomic mass is 16.5. The maximum Gasteiger partial charge on any atom is 0.138 e. The molecule has 0 saturated heterocycles. The van der Waals surface area contributed by atoms with Crippen LogP contribution in [-0.2, 0) is 6.54 Å². The van der Waals surface area contributed by atoms with Crippen molar-refractivity contribution in [3.05, 3.63) is 17.0 Å². The van der Waals surface area contributed by atoms with Gasteiger partial charge in [0.2, 0.25) is 0 Å². The molecule has 0 spiro atoms. The van der Waals surface area contributed by atoms with E-state index in [9.17, 15) is 0 Å². The third-order valence-corrected chi connectivity index (χ3v) is 4.18. The molecule has 3 heteroatoms. The number of aryl methyl sites for hydroxylation is 2. The van der Waals surface area contributed by atoms with Gasteiger partial charge in [0.15, 0.2) is 0 Å². The first-order valence-electron chi connectivity index (χ1n) is 6.73. The molecule has 17 heavy (non-hydrogen) atoms. The second kappa shape index (κ2) is 5.21. The van der Waals surface area contributed by atoms with Crippen LogP contribution in [0.4, 0.5) is 0 Å². The molecule has 1 N–H and O–H groups in total. The summed E-state index contributed by atoms with van der Waals surface area (Å²) in [6, 6.07) is 0.646. The van der Waals surface area contributed by atoms with E-state index < -0.39 is 0 Å². The average Bonchev–Trinajstić information content (AvgIpc) is 2.61. The first-order valence-corrected chi connectivity index (χ1v) is 6.73. The minimum atomic E-state index is 0.646. The van der Waals surface area contributed by atoms with E-state index in [1.54, 1.807) is 0 Å². The monoisotopic (exact) mass is 236 g/mol. The van der Waals surface area contributed by atoms with Crippen LogP contribution in [0.25, 0.3) is 0 Å². The summed E-state index contributed by atoms with van der Waals surface area (Å²) in [7, 11) is 0. The Bertz CT molecular complexity index is 353. The van der Waals surface area contributed by atoms with Gasteiger partial charge in [-0.2, -0.15) is 0 Å². The minimum Gasteiger partial charge on any atom is -0.361 e. The van der Waals surface area contributed by atoms with E-state index in [4.69, 9.17) is 4.52 Å². The van der Waals surface area contributed by atoms with Crippen LogP contribution in [0, 0.1) is 25.7 Å². The molecule has 1 aromatic heterocycles. The Kier molecular flexibility index (Phi) is 3.87. The Hall–Kier alpha value is -0.830. The highest BCUT2D eigenvalue weighted by Gasteiger charge is 2.25. The lowest BCUT2D eigenvalue weighted by molar-refractivity contribution is 0.227. The zero-order valence-corrected chi connectivity index (χ0v) is 11.4. The maximum absolute atomic E-state index is 5.19. The van der Waals surface area contributed by atoms with Crippen molar-refractivity contribution in [3.63, 3.8) is 0 Å². The van der Waals surface area contributed by atoms with Crippen molar-refractivity contribution >= 4 is 0 Å². The molecule has 1 aliphatic rings. The Labute approximate surface area is 104 Å². The van der Waals surface area contributed by atoms with Crippen molar-refractivity contribution in [2.24, 2.45) is 11.8 Å². The molecule has 96 valence electrons. The second-order valence-electron chi connectivity index (χ2n) is 5.69. The van der Waals surface area contributed by atoms with Crippen molar-refractivity contribution in [2.45, 2.75) is 59.5 Å². The lowest BCUT2D eigenvalue weighted by atomic mass is 9.80. The third kappa shape index (κ3) is 2.89. The normalized spacial score (nSPS) is 29.5. The van der Waals surface area contributed by atoms with Gasteiger partial charge < -0.3 is 9.84 Å². The van der Waals surface area contributed by atoms with Crippen LogP contribution in [0.2, 0.25) is 0 Å². The molecule has 1 aliphatic carbocycles. The largest absolute Gasteiger partial charge is 0.361 e. The first kappa shape index (κ1) is 12.6. The fourth-order valence-corrected chi connectivity index (χ4v) is 2.80. The number of hydrogen-bond acceptors (Lipinski definition) is 3. The van der Waals surface area contributed by atoms with Gasteiger partial charge in [-0.25, -0.2) is 0 Å². The summed E-state index contributed by atoms with van der Waals surface area (Å²) in [5, 5.41) is 7.68. The van der Waals surface area contributed by atoms with Crippen LogP contribution in [0.3, 0.4) is 0 Å². The highest BCUT2D eigenvalue weighted by Crippen LogP contribution is 2.28. The predicted molar refractivity (Wildman–Crippen MR) is 68.8 cm³/mol. The lowest BCUT2D eigenvalue weighted by Crippen LogP contribution is -2.39. The average molecular weight is 236 g/mol. The highest BCUT2D eigenvalue weighted by molar-refractivity contribution is 5.20. The Morgan fingerprint density at radius 2 is 2.06 bits per heavy atom. The van der Waals surface area contributed by atoms with Crippen LogP contribution in [0.1, 0.15) is 50.1 Å². The number of aromatic nitrogens is 1. The van der Waals surface area contributed by atoms with E-state index in [1.807, 2.05) is 13.8 Å². The topological polar surface area (TPSA) is 38.1 Å². The van der Waals surface area contributed by atoms with E-state index in [1.165, 1.54) is 24.8 Å². The van der Waals surface area contributed by atoms with E-state index in [0.717, 1.165) is 29.8 Å². The van der Waals surface area contributed by atoms with Crippen LogP contribution in [-0.4, -0.2) is 11.2 Å². The van der Waals surface area contributed by atoms with Crippen molar-refractivity contribution in [1.29, 1.82) is 0 Å². The number of nitrogens with one attached hydrogen (secondary N) is 1. The summed E-state index contributed by atoms with van der Waals surface area (Å²) < 4.78 is 5.19. The van der Waals surface area contributed by atoms with Crippen LogP contribution in [0.5, 0.6) is 0 Å². The van der Waals surface area contributed by atoms with Gasteiger partial charge >= 0.3 is 0 Å². The fourth-order valence-electron chi connectivity index (χ4n) is 2.80. The van der Waals surface area contributed by atoms with Crippen molar-refractivity contribution in [3.8, 4) is 0 Å². The molecular weight excluding hydrogens is 212 g/mol. The number of nitrogens with zero attached hydrogens (tertiary/aromatic N) is 1. The molecule has 2 rings (SSSR count).